The minimum atomic E-state index is -0.818. The van der Waals surface area contributed by atoms with Crippen molar-refractivity contribution < 1.29 is 9.18 Å². The summed E-state index contributed by atoms with van der Waals surface area (Å²) >= 11 is 6.61. The number of alkyl halides is 1. The van der Waals surface area contributed by atoms with Crippen LogP contribution < -0.4 is 0 Å². The first kappa shape index (κ1) is 24.9. The summed E-state index contributed by atoms with van der Waals surface area (Å²) in [6.07, 6.45) is 9.68. The highest BCUT2D eigenvalue weighted by atomic mass is 35.5. The van der Waals surface area contributed by atoms with Gasteiger partial charge in [-0.2, -0.15) is 0 Å². The molecule has 1 aromatic heterocycles. The fourth-order valence-electron chi connectivity index (χ4n) is 3.67. The fraction of sp³-hybridized carbons (Fsp3) is 0.357. The van der Waals surface area contributed by atoms with E-state index in [-0.39, 0.29) is 11.3 Å². The zero-order valence-corrected chi connectivity index (χ0v) is 20.6. The summed E-state index contributed by atoms with van der Waals surface area (Å²) in [5.41, 5.74) is 5.15. The van der Waals surface area contributed by atoms with Crippen LogP contribution in [0.15, 0.2) is 67.0 Å². The summed E-state index contributed by atoms with van der Waals surface area (Å²) in [6.45, 7) is 13.5. The summed E-state index contributed by atoms with van der Waals surface area (Å²) in [7, 11) is 0. The van der Waals surface area contributed by atoms with Gasteiger partial charge >= 0.3 is 0 Å². The van der Waals surface area contributed by atoms with Crippen LogP contribution in [0.4, 0.5) is 4.39 Å². The molecule has 1 fully saturated rings. The molecule has 1 aliphatic rings. The summed E-state index contributed by atoms with van der Waals surface area (Å²) < 4.78 is 13.4. The van der Waals surface area contributed by atoms with Crippen LogP contribution in [0.25, 0.3) is 16.7 Å². The first-order valence-electron chi connectivity index (χ1n) is 11.3. The van der Waals surface area contributed by atoms with Gasteiger partial charge in [0.2, 0.25) is 0 Å². The number of halogens is 2. The number of pyridine rings is 1. The molecular weight excluding hydrogens is 435 g/mol. The summed E-state index contributed by atoms with van der Waals surface area (Å²) in [5.74, 6) is -0.110. The highest BCUT2D eigenvalue weighted by Crippen LogP contribution is 2.33. The van der Waals surface area contributed by atoms with Gasteiger partial charge < -0.3 is 4.90 Å². The Bertz CT molecular complexity index is 1090. The summed E-state index contributed by atoms with van der Waals surface area (Å²) in [6, 6.07) is 7.37. The van der Waals surface area contributed by atoms with Crippen LogP contribution in [0.1, 0.15) is 56.5 Å². The topological polar surface area (TPSA) is 33.2 Å². The first-order chi connectivity index (χ1) is 15.6. The molecule has 3 rings (SSSR count). The van der Waals surface area contributed by atoms with Crippen LogP contribution in [0.5, 0.6) is 0 Å². The van der Waals surface area contributed by atoms with E-state index in [4.69, 9.17) is 11.6 Å². The Balaban J connectivity index is 1.90. The van der Waals surface area contributed by atoms with Gasteiger partial charge in [-0.3, -0.25) is 9.78 Å². The number of amides is 1. The van der Waals surface area contributed by atoms with Gasteiger partial charge in [-0.25, -0.2) is 4.39 Å². The maximum atomic E-state index is 13.4. The Morgan fingerprint density at radius 1 is 1.18 bits per heavy atom. The third kappa shape index (κ3) is 6.20. The lowest BCUT2D eigenvalue weighted by atomic mass is 9.85. The number of allylic oxidation sites excluding steroid dienone is 5. The molecule has 0 aliphatic carbocycles. The van der Waals surface area contributed by atoms with E-state index < -0.39 is 6.17 Å². The lowest BCUT2D eigenvalue weighted by molar-refractivity contribution is 0.0667. The van der Waals surface area contributed by atoms with Crippen molar-refractivity contribution in [3.05, 3.63) is 83.2 Å². The number of rotatable bonds is 5. The molecular formula is C28H32ClFN2O. The molecule has 1 saturated heterocycles. The largest absolute Gasteiger partial charge is 0.338 e. The Labute approximate surface area is 201 Å². The molecule has 0 radical (unpaired) electrons. The Morgan fingerprint density at radius 3 is 2.48 bits per heavy atom. The average Bonchev–Trinajstić information content (AvgIpc) is 2.78. The van der Waals surface area contributed by atoms with Crippen LogP contribution in [-0.4, -0.2) is 35.1 Å². The van der Waals surface area contributed by atoms with Crippen LogP contribution in [0, 0.1) is 5.41 Å². The molecule has 174 valence electrons. The molecule has 1 aliphatic heterocycles. The fourth-order valence-corrected chi connectivity index (χ4v) is 3.96. The average molecular weight is 467 g/mol. The second-order valence-corrected chi connectivity index (χ2v) is 9.91. The third-order valence-electron chi connectivity index (χ3n) is 5.95. The number of likely N-dealkylation sites (tertiary alicyclic amines) is 1. The number of carbonyl (C=O) groups excluding carboxylic acids is 1. The number of nitrogens with zero attached hydrogens (tertiary/aromatic N) is 2. The molecule has 3 nitrogen and oxygen atoms in total. The van der Waals surface area contributed by atoms with Crippen LogP contribution >= 0.6 is 11.6 Å². The predicted molar refractivity (Wildman–Crippen MR) is 136 cm³/mol. The SMILES string of the molecule is C=C(/C=C(\C=C/C)c1cncc(-c2ccc(C(=O)N3CCC(F)CC3)cc2Cl)c1)C(C)(C)C. The molecule has 2 aromatic rings. The smallest absolute Gasteiger partial charge is 0.253 e. The van der Waals surface area contributed by atoms with Gasteiger partial charge in [-0.15, -0.1) is 0 Å². The highest BCUT2D eigenvalue weighted by molar-refractivity contribution is 6.33. The van der Waals surface area contributed by atoms with Crippen molar-refractivity contribution in [1.29, 1.82) is 0 Å². The quantitative estimate of drug-likeness (QED) is 0.426. The van der Waals surface area contributed by atoms with E-state index in [9.17, 15) is 9.18 Å². The Hall–Kier alpha value is -2.72. The minimum Gasteiger partial charge on any atom is -0.338 e. The normalized spacial score (nSPS) is 15.8. The van der Waals surface area contributed by atoms with Gasteiger partial charge in [0.25, 0.3) is 5.91 Å². The van der Waals surface area contributed by atoms with E-state index in [1.807, 2.05) is 37.4 Å². The van der Waals surface area contributed by atoms with Gasteiger partial charge in [0.15, 0.2) is 0 Å². The second kappa shape index (κ2) is 10.5. The molecule has 0 bridgehead atoms. The minimum absolute atomic E-state index is 0.0387. The molecule has 33 heavy (non-hydrogen) atoms. The number of benzene rings is 1. The Morgan fingerprint density at radius 2 is 1.88 bits per heavy atom. The standard InChI is InChI=1S/C28H32ClFN2O/c1-6-7-20(14-19(2)28(3,4)5)22-15-23(18-31-17-22)25-9-8-21(16-26(25)29)27(33)32-12-10-24(30)11-13-32/h6-9,14-18,24H,2,10-13H2,1,3-5H3/b7-6-,20-14+. The van der Waals surface area contributed by atoms with Gasteiger partial charge in [-0.05, 0) is 54.5 Å². The van der Waals surface area contributed by atoms with Crippen LogP contribution in [0.3, 0.4) is 0 Å². The highest BCUT2D eigenvalue weighted by Gasteiger charge is 2.24. The van der Waals surface area contributed by atoms with Crippen molar-refractivity contribution in [2.24, 2.45) is 5.41 Å². The van der Waals surface area contributed by atoms with E-state index in [0.717, 1.165) is 27.8 Å². The molecule has 0 atom stereocenters. The second-order valence-electron chi connectivity index (χ2n) is 9.50. The van der Waals surface area contributed by atoms with E-state index in [1.54, 1.807) is 23.2 Å². The first-order valence-corrected chi connectivity index (χ1v) is 11.7. The van der Waals surface area contributed by atoms with Gasteiger partial charge in [0.05, 0.1) is 0 Å². The maximum Gasteiger partial charge on any atom is 0.253 e. The Kier molecular flexibility index (Phi) is 7.91. The van der Waals surface area contributed by atoms with Crippen molar-refractivity contribution in [2.45, 2.75) is 46.7 Å². The summed E-state index contributed by atoms with van der Waals surface area (Å²) in [4.78, 5) is 18.9. The maximum absolute atomic E-state index is 13.4. The third-order valence-corrected chi connectivity index (χ3v) is 6.26. The van der Waals surface area contributed by atoms with Gasteiger partial charge in [-0.1, -0.05) is 63.2 Å². The number of piperidine rings is 1. The van der Waals surface area contributed by atoms with Crippen LogP contribution in [0.2, 0.25) is 5.02 Å². The lowest BCUT2D eigenvalue weighted by Gasteiger charge is -2.28. The van der Waals surface area contributed by atoms with Crippen molar-refractivity contribution >= 4 is 23.1 Å². The zero-order valence-electron chi connectivity index (χ0n) is 19.9. The van der Waals surface area contributed by atoms with Crippen molar-refractivity contribution in [3.63, 3.8) is 0 Å². The number of aromatic nitrogens is 1. The van der Waals surface area contributed by atoms with Crippen molar-refractivity contribution in [3.8, 4) is 11.1 Å². The molecule has 2 heterocycles. The van der Waals surface area contributed by atoms with E-state index >= 15 is 0 Å². The zero-order chi connectivity index (χ0) is 24.2. The predicted octanol–water partition coefficient (Wildman–Crippen LogP) is 7.54. The summed E-state index contributed by atoms with van der Waals surface area (Å²) in [5, 5.41) is 0.482. The lowest BCUT2D eigenvalue weighted by Crippen LogP contribution is -2.39. The molecule has 0 N–H and O–H groups in total. The number of hydrogen-bond acceptors (Lipinski definition) is 2. The monoisotopic (exact) mass is 466 g/mol. The number of carbonyl (C=O) groups is 1. The van der Waals surface area contributed by atoms with E-state index in [0.29, 0.717) is 36.5 Å². The van der Waals surface area contributed by atoms with Gasteiger partial charge in [0.1, 0.15) is 6.17 Å². The molecule has 5 heteroatoms. The van der Waals surface area contributed by atoms with E-state index in [2.05, 4.69) is 38.4 Å². The van der Waals surface area contributed by atoms with Crippen molar-refractivity contribution in [1.82, 2.24) is 9.88 Å². The van der Waals surface area contributed by atoms with Crippen LogP contribution in [-0.2, 0) is 0 Å². The van der Waals surface area contributed by atoms with E-state index in [1.165, 1.54) is 0 Å². The molecule has 0 spiro atoms. The molecule has 1 amide bonds. The molecule has 0 saturated carbocycles. The molecule has 0 unspecified atom stereocenters. The molecule has 1 aromatic carbocycles. The van der Waals surface area contributed by atoms with Gasteiger partial charge in [0, 0.05) is 52.8 Å². The number of hydrogen-bond donors (Lipinski definition) is 0. The van der Waals surface area contributed by atoms with Crippen molar-refractivity contribution in [2.75, 3.05) is 13.1 Å².